The second-order valence-corrected chi connectivity index (χ2v) is 5.10. The van der Waals surface area contributed by atoms with Gasteiger partial charge in [-0.15, -0.1) is 0 Å². The molecule has 4 nitrogen and oxygen atoms in total. The van der Waals surface area contributed by atoms with Crippen molar-refractivity contribution in [3.8, 4) is 0 Å². The van der Waals surface area contributed by atoms with Gasteiger partial charge in [0.05, 0.1) is 0 Å². The van der Waals surface area contributed by atoms with Crippen LogP contribution in [0.15, 0.2) is 12.1 Å². The van der Waals surface area contributed by atoms with E-state index in [1.165, 1.54) is 0 Å². The number of hydrogen-bond acceptors (Lipinski definition) is 3. The van der Waals surface area contributed by atoms with Gasteiger partial charge in [0, 0.05) is 11.4 Å². The van der Waals surface area contributed by atoms with Crippen molar-refractivity contribution in [2.75, 3.05) is 11.1 Å². The number of carbonyl (C=O) groups excluding carboxylic acids is 1. The Morgan fingerprint density at radius 2 is 1.88 bits per heavy atom. The summed E-state index contributed by atoms with van der Waals surface area (Å²) in [6.07, 6.45) is -0.469. The van der Waals surface area contributed by atoms with Gasteiger partial charge in [0.25, 0.3) is 0 Å². The molecule has 3 N–H and O–H groups in total. The third-order valence-electron chi connectivity index (χ3n) is 2.37. The largest absolute Gasteiger partial charge is 0.444 e. The number of carbonyl (C=O) groups is 1. The average Bonchev–Trinajstić information content (AvgIpc) is 2.16. The van der Waals surface area contributed by atoms with Crippen LogP contribution in [0.5, 0.6) is 0 Å². The highest BCUT2D eigenvalue weighted by molar-refractivity contribution is 5.87. The molecule has 1 amide bonds. The van der Waals surface area contributed by atoms with Crippen LogP contribution in [0.4, 0.5) is 16.2 Å². The maximum atomic E-state index is 11.6. The Hall–Kier alpha value is -1.71. The lowest BCUT2D eigenvalue weighted by Crippen LogP contribution is -2.27. The number of benzene rings is 1. The molecule has 94 valence electrons. The van der Waals surface area contributed by atoms with Gasteiger partial charge in [-0.1, -0.05) is 6.07 Å². The first-order chi connectivity index (χ1) is 7.70. The molecule has 0 aliphatic carbocycles. The Kier molecular flexibility index (Phi) is 3.66. The molecule has 0 radical (unpaired) electrons. The number of nitrogens with two attached hydrogens (primary N) is 1. The summed E-state index contributed by atoms with van der Waals surface area (Å²) in [5.74, 6) is 0. The van der Waals surface area contributed by atoms with Crippen LogP contribution in [0, 0.1) is 13.8 Å². The van der Waals surface area contributed by atoms with Crippen molar-refractivity contribution in [1.29, 1.82) is 0 Å². The van der Waals surface area contributed by atoms with Crippen molar-refractivity contribution in [3.05, 3.63) is 23.3 Å². The lowest BCUT2D eigenvalue weighted by molar-refractivity contribution is 0.0636. The maximum absolute atomic E-state index is 11.6. The summed E-state index contributed by atoms with van der Waals surface area (Å²) in [4.78, 5) is 11.6. The van der Waals surface area contributed by atoms with Gasteiger partial charge in [0.15, 0.2) is 0 Å². The summed E-state index contributed by atoms with van der Waals surface area (Å²) in [6, 6.07) is 3.69. The van der Waals surface area contributed by atoms with Gasteiger partial charge in [-0.25, -0.2) is 4.79 Å². The molecule has 0 aromatic heterocycles. The van der Waals surface area contributed by atoms with Gasteiger partial charge in [-0.3, -0.25) is 5.32 Å². The molecule has 1 aromatic carbocycles. The number of aryl methyl sites for hydroxylation is 1. The Morgan fingerprint density at radius 3 is 2.41 bits per heavy atom. The van der Waals surface area contributed by atoms with E-state index in [9.17, 15) is 4.79 Å². The number of nitrogens with one attached hydrogen (secondary N) is 1. The van der Waals surface area contributed by atoms with Crippen LogP contribution in [0.3, 0.4) is 0 Å². The molecule has 0 atom stereocenters. The molecule has 0 fully saturated rings. The summed E-state index contributed by atoms with van der Waals surface area (Å²) in [5, 5.41) is 2.69. The smallest absolute Gasteiger partial charge is 0.412 e. The zero-order chi connectivity index (χ0) is 13.2. The van der Waals surface area contributed by atoms with Crippen LogP contribution in [-0.2, 0) is 4.74 Å². The molecule has 0 saturated carbocycles. The maximum Gasteiger partial charge on any atom is 0.412 e. The minimum absolute atomic E-state index is 0.469. The van der Waals surface area contributed by atoms with E-state index in [1.807, 2.05) is 46.8 Å². The van der Waals surface area contributed by atoms with Crippen LogP contribution in [0.2, 0.25) is 0 Å². The third kappa shape index (κ3) is 3.66. The fourth-order valence-electron chi connectivity index (χ4n) is 1.41. The molecular weight excluding hydrogens is 216 g/mol. The Balaban J connectivity index is 2.83. The molecule has 17 heavy (non-hydrogen) atoms. The first-order valence-corrected chi connectivity index (χ1v) is 5.56. The van der Waals surface area contributed by atoms with Crippen molar-refractivity contribution in [3.63, 3.8) is 0 Å². The van der Waals surface area contributed by atoms with E-state index in [1.54, 1.807) is 0 Å². The summed E-state index contributed by atoms with van der Waals surface area (Å²) < 4.78 is 5.18. The second kappa shape index (κ2) is 4.65. The van der Waals surface area contributed by atoms with Crippen molar-refractivity contribution in [2.24, 2.45) is 0 Å². The van der Waals surface area contributed by atoms with E-state index in [0.717, 1.165) is 11.1 Å². The van der Waals surface area contributed by atoms with Crippen LogP contribution < -0.4 is 11.1 Å². The number of rotatable bonds is 1. The molecule has 0 spiro atoms. The van der Waals surface area contributed by atoms with Gasteiger partial charge in [0.1, 0.15) is 5.60 Å². The predicted octanol–water partition coefficient (Wildman–Crippen LogP) is 3.23. The Morgan fingerprint density at radius 1 is 1.29 bits per heavy atom. The number of anilines is 2. The second-order valence-electron chi connectivity index (χ2n) is 5.10. The first kappa shape index (κ1) is 13.4. The van der Waals surface area contributed by atoms with Crippen LogP contribution in [0.1, 0.15) is 31.9 Å². The predicted molar refractivity (Wildman–Crippen MR) is 70.2 cm³/mol. The van der Waals surface area contributed by atoms with Crippen LogP contribution in [0.25, 0.3) is 0 Å². The normalized spacial score (nSPS) is 11.1. The zero-order valence-electron chi connectivity index (χ0n) is 11.0. The summed E-state index contributed by atoms with van der Waals surface area (Å²) in [6.45, 7) is 9.27. The van der Waals surface area contributed by atoms with Crippen molar-refractivity contribution < 1.29 is 9.53 Å². The van der Waals surface area contributed by atoms with Gasteiger partial charge >= 0.3 is 6.09 Å². The summed E-state index contributed by atoms with van der Waals surface area (Å²) in [5.41, 5.74) is 8.62. The Labute approximate surface area is 102 Å². The van der Waals surface area contributed by atoms with Crippen molar-refractivity contribution in [2.45, 2.75) is 40.2 Å². The Bertz CT molecular complexity index is 434. The lowest BCUT2D eigenvalue weighted by atomic mass is 10.1. The van der Waals surface area contributed by atoms with E-state index >= 15 is 0 Å². The third-order valence-corrected chi connectivity index (χ3v) is 2.37. The highest BCUT2D eigenvalue weighted by atomic mass is 16.6. The van der Waals surface area contributed by atoms with E-state index in [2.05, 4.69) is 5.32 Å². The highest BCUT2D eigenvalue weighted by Crippen LogP contribution is 2.24. The molecule has 0 aliphatic heterocycles. The van der Waals surface area contributed by atoms with Gasteiger partial charge in [0.2, 0.25) is 0 Å². The SMILES string of the molecule is Cc1ccc(NC(=O)OC(C)(C)C)c(C)c1N. The summed E-state index contributed by atoms with van der Waals surface area (Å²) >= 11 is 0. The molecule has 1 aromatic rings. The zero-order valence-corrected chi connectivity index (χ0v) is 11.0. The highest BCUT2D eigenvalue weighted by Gasteiger charge is 2.17. The topological polar surface area (TPSA) is 64.3 Å². The fraction of sp³-hybridized carbons (Fsp3) is 0.462. The summed E-state index contributed by atoms with van der Waals surface area (Å²) in [7, 11) is 0. The monoisotopic (exact) mass is 236 g/mol. The van der Waals surface area contributed by atoms with Gasteiger partial charge in [-0.05, 0) is 51.8 Å². The van der Waals surface area contributed by atoms with Crippen LogP contribution in [-0.4, -0.2) is 11.7 Å². The van der Waals surface area contributed by atoms with Crippen LogP contribution >= 0.6 is 0 Å². The standard InChI is InChI=1S/C13H20N2O2/c1-8-6-7-10(9(2)11(8)14)15-12(16)17-13(3,4)5/h6-7H,14H2,1-5H3,(H,15,16). The fourth-order valence-corrected chi connectivity index (χ4v) is 1.41. The van der Waals surface area contributed by atoms with Crippen molar-refractivity contribution >= 4 is 17.5 Å². The molecule has 4 heteroatoms. The minimum atomic E-state index is -0.506. The molecule has 0 heterocycles. The number of amides is 1. The minimum Gasteiger partial charge on any atom is -0.444 e. The van der Waals surface area contributed by atoms with Crippen molar-refractivity contribution in [1.82, 2.24) is 0 Å². The molecule has 1 rings (SSSR count). The number of nitrogen functional groups attached to an aromatic ring is 1. The first-order valence-electron chi connectivity index (χ1n) is 5.56. The van der Waals surface area contributed by atoms with E-state index < -0.39 is 11.7 Å². The van der Waals surface area contributed by atoms with E-state index in [-0.39, 0.29) is 0 Å². The molecule has 0 unspecified atom stereocenters. The lowest BCUT2D eigenvalue weighted by Gasteiger charge is -2.20. The quantitative estimate of drug-likeness (QED) is 0.736. The van der Waals surface area contributed by atoms with Gasteiger partial charge < -0.3 is 10.5 Å². The van der Waals surface area contributed by atoms with Gasteiger partial charge in [-0.2, -0.15) is 0 Å². The molecular formula is C13H20N2O2. The molecule has 0 bridgehead atoms. The molecule has 0 saturated heterocycles. The molecule has 0 aliphatic rings. The average molecular weight is 236 g/mol. The van der Waals surface area contributed by atoms with E-state index in [0.29, 0.717) is 11.4 Å². The van der Waals surface area contributed by atoms with E-state index in [4.69, 9.17) is 10.5 Å². The number of ether oxygens (including phenoxy) is 1. The number of hydrogen-bond donors (Lipinski definition) is 2.